The Morgan fingerprint density at radius 3 is 2.58 bits per heavy atom. The van der Waals surface area contributed by atoms with E-state index in [-0.39, 0.29) is 18.2 Å². The molecule has 2 rings (SSSR count). The van der Waals surface area contributed by atoms with Crippen molar-refractivity contribution in [1.29, 1.82) is 0 Å². The van der Waals surface area contributed by atoms with E-state index in [4.69, 9.17) is 5.11 Å². The summed E-state index contributed by atoms with van der Waals surface area (Å²) in [6.07, 6.45) is 4.86. The molecule has 0 aliphatic carbocycles. The average Bonchev–Trinajstić information content (AvgIpc) is 2.63. The molecular weight excluding hydrogens is 248 g/mol. The average molecular weight is 262 g/mol. The van der Waals surface area contributed by atoms with Gasteiger partial charge in [-0.05, 0) is 18.9 Å². The van der Waals surface area contributed by atoms with Crippen LogP contribution in [0.1, 0.15) is 46.4 Å². The summed E-state index contributed by atoms with van der Waals surface area (Å²) in [5, 5.41) is 8.50. The van der Waals surface area contributed by atoms with Gasteiger partial charge in [0.15, 0.2) is 0 Å². The first kappa shape index (κ1) is 13.2. The highest BCUT2D eigenvalue weighted by atomic mass is 16.4. The summed E-state index contributed by atoms with van der Waals surface area (Å²) < 4.78 is 0. The summed E-state index contributed by atoms with van der Waals surface area (Å²) in [6.45, 7) is 0.325. The molecule has 0 spiro atoms. The van der Waals surface area contributed by atoms with Gasteiger partial charge in [-0.2, -0.15) is 0 Å². The molecule has 0 atom stereocenters. The van der Waals surface area contributed by atoms with Crippen LogP contribution in [0, 0.1) is 0 Å². The number of nitrogens with zero attached hydrogens (tertiary/aromatic N) is 2. The van der Waals surface area contributed by atoms with Crippen LogP contribution in [0.25, 0.3) is 0 Å². The minimum atomic E-state index is -0.827. The summed E-state index contributed by atoms with van der Waals surface area (Å²) in [5.74, 6) is -1.43. The van der Waals surface area contributed by atoms with Gasteiger partial charge in [0.2, 0.25) is 0 Å². The molecule has 0 unspecified atom stereocenters. The molecule has 100 valence electrons. The minimum Gasteiger partial charge on any atom is -0.481 e. The number of aliphatic carboxylic acids is 1. The van der Waals surface area contributed by atoms with Gasteiger partial charge in [0.1, 0.15) is 0 Å². The van der Waals surface area contributed by atoms with E-state index in [9.17, 15) is 14.4 Å². The number of rotatable bonds is 6. The summed E-state index contributed by atoms with van der Waals surface area (Å²) >= 11 is 0. The molecule has 0 radical (unpaired) electrons. The fraction of sp³-hybridized carbons (Fsp3) is 0.385. The maximum absolute atomic E-state index is 12.0. The number of carbonyl (C=O) groups is 3. The molecule has 1 aromatic rings. The normalized spacial score (nSPS) is 13.8. The number of amides is 2. The molecule has 1 aromatic heterocycles. The number of hydrogen-bond donors (Lipinski definition) is 1. The molecule has 19 heavy (non-hydrogen) atoms. The molecule has 0 bridgehead atoms. The molecule has 2 heterocycles. The first-order valence-corrected chi connectivity index (χ1v) is 6.13. The van der Waals surface area contributed by atoms with Gasteiger partial charge in [-0.3, -0.25) is 24.3 Å². The third-order valence-electron chi connectivity index (χ3n) is 3.04. The highest BCUT2D eigenvalue weighted by Gasteiger charge is 2.34. The fourth-order valence-electron chi connectivity index (χ4n) is 2.06. The Morgan fingerprint density at radius 2 is 1.89 bits per heavy atom. The smallest absolute Gasteiger partial charge is 0.303 e. The van der Waals surface area contributed by atoms with Gasteiger partial charge in [0, 0.05) is 25.4 Å². The van der Waals surface area contributed by atoms with Gasteiger partial charge < -0.3 is 5.11 Å². The van der Waals surface area contributed by atoms with Crippen LogP contribution in [0.4, 0.5) is 0 Å². The van der Waals surface area contributed by atoms with Crippen LogP contribution in [0.15, 0.2) is 18.5 Å². The van der Waals surface area contributed by atoms with Crippen LogP contribution in [0.5, 0.6) is 0 Å². The van der Waals surface area contributed by atoms with E-state index >= 15 is 0 Å². The first-order valence-electron chi connectivity index (χ1n) is 6.13. The first-order chi connectivity index (χ1) is 9.11. The van der Waals surface area contributed by atoms with Gasteiger partial charge in [0.05, 0.1) is 11.1 Å². The lowest BCUT2D eigenvalue weighted by molar-refractivity contribution is -0.137. The Kier molecular flexibility index (Phi) is 3.89. The Balaban J connectivity index is 1.88. The molecule has 6 heteroatoms. The molecule has 0 saturated heterocycles. The maximum atomic E-state index is 12.0. The lowest BCUT2D eigenvalue weighted by atomic mass is 10.2. The highest BCUT2D eigenvalue weighted by Crippen LogP contribution is 2.21. The van der Waals surface area contributed by atoms with Crippen LogP contribution in [-0.2, 0) is 4.79 Å². The van der Waals surface area contributed by atoms with Gasteiger partial charge in [0.25, 0.3) is 11.8 Å². The van der Waals surface area contributed by atoms with Gasteiger partial charge >= 0.3 is 5.97 Å². The topological polar surface area (TPSA) is 87.6 Å². The second-order valence-corrected chi connectivity index (χ2v) is 4.39. The Morgan fingerprint density at radius 1 is 1.16 bits per heavy atom. The standard InChI is InChI=1S/C13H14N2O4/c16-11(17)4-2-1-3-7-15-12(18)9-5-6-14-8-10(9)13(15)19/h5-6,8H,1-4,7H2,(H,16,17). The number of pyridine rings is 1. The zero-order chi connectivity index (χ0) is 13.8. The second-order valence-electron chi connectivity index (χ2n) is 4.39. The van der Waals surface area contributed by atoms with Crippen molar-refractivity contribution in [3.8, 4) is 0 Å². The van der Waals surface area contributed by atoms with Crippen LogP contribution < -0.4 is 0 Å². The summed E-state index contributed by atoms with van der Waals surface area (Å²) in [5.41, 5.74) is 0.739. The molecule has 1 aliphatic heterocycles. The number of fused-ring (bicyclic) bond motifs is 1. The quantitative estimate of drug-likeness (QED) is 0.617. The minimum absolute atomic E-state index is 0.117. The van der Waals surface area contributed by atoms with Crippen LogP contribution >= 0.6 is 0 Å². The van der Waals surface area contributed by atoms with E-state index in [0.29, 0.717) is 36.9 Å². The number of unbranched alkanes of at least 4 members (excludes halogenated alkanes) is 2. The number of imide groups is 1. The predicted octanol–water partition coefficient (Wildman–Crippen LogP) is 1.32. The number of aromatic nitrogens is 1. The van der Waals surface area contributed by atoms with Crippen molar-refractivity contribution in [2.45, 2.75) is 25.7 Å². The Hall–Kier alpha value is -2.24. The monoisotopic (exact) mass is 262 g/mol. The Labute approximate surface area is 110 Å². The van der Waals surface area contributed by atoms with Crippen LogP contribution in [0.3, 0.4) is 0 Å². The molecule has 0 saturated carbocycles. The van der Waals surface area contributed by atoms with Crippen molar-refractivity contribution >= 4 is 17.8 Å². The molecule has 1 N–H and O–H groups in total. The van der Waals surface area contributed by atoms with Gasteiger partial charge in [-0.15, -0.1) is 0 Å². The molecule has 6 nitrogen and oxygen atoms in total. The second kappa shape index (κ2) is 5.60. The SMILES string of the molecule is O=C(O)CCCCCN1C(=O)c2ccncc2C1=O. The van der Waals surface area contributed by atoms with E-state index in [0.717, 1.165) is 0 Å². The third-order valence-corrected chi connectivity index (χ3v) is 3.04. The van der Waals surface area contributed by atoms with E-state index in [1.54, 1.807) is 6.07 Å². The zero-order valence-corrected chi connectivity index (χ0v) is 10.3. The molecule has 1 aliphatic rings. The fourth-order valence-corrected chi connectivity index (χ4v) is 2.06. The molecule has 2 amide bonds. The number of hydrogen-bond acceptors (Lipinski definition) is 4. The predicted molar refractivity (Wildman–Crippen MR) is 65.7 cm³/mol. The van der Waals surface area contributed by atoms with Crippen LogP contribution in [0.2, 0.25) is 0 Å². The molecular formula is C13H14N2O4. The van der Waals surface area contributed by atoms with Crippen molar-refractivity contribution in [2.24, 2.45) is 0 Å². The largest absolute Gasteiger partial charge is 0.481 e. The van der Waals surface area contributed by atoms with E-state index in [1.807, 2.05) is 0 Å². The lowest BCUT2D eigenvalue weighted by Crippen LogP contribution is -2.30. The summed E-state index contributed by atoms with van der Waals surface area (Å²) in [6, 6.07) is 1.54. The third kappa shape index (κ3) is 2.78. The van der Waals surface area contributed by atoms with Crippen molar-refractivity contribution < 1.29 is 19.5 Å². The number of carbonyl (C=O) groups excluding carboxylic acids is 2. The molecule has 0 fully saturated rings. The molecule has 0 aromatic carbocycles. The van der Waals surface area contributed by atoms with Crippen molar-refractivity contribution in [2.75, 3.05) is 6.54 Å². The van der Waals surface area contributed by atoms with Crippen molar-refractivity contribution in [3.63, 3.8) is 0 Å². The summed E-state index contributed by atoms with van der Waals surface area (Å²) in [7, 11) is 0. The Bertz CT molecular complexity index is 492. The highest BCUT2D eigenvalue weighted by molar-refractivity contribution is 6.21. The number of carboxylic acid groups (broad SMARTS) is 1. The van der Waals surface area contributed by atoms with Gasteiger partial charge in [-0.25, -0.2) is 0 Å². The summed E-state index contributed by atoms with van der Waals surface area (Å²) in [4.78, 5) is 39.3. The van der Waals surface area contributed by atoms with Crippen LogP contribution in [-0.4, -0.2) is 39.3 Å². The van der Waals surface area contributed by atoms with E-state index in [1.165, 1.54) is 17.3 Å². The van der Waals surface area contributed by atoms with Gasteiger partial charge in [-0.1, -0.05) is 6.42 Å². The van der Waals surface area contributed by atoms with E-state index < -0.39 is 5.97 Å². The van der Waals surface area contributed by atoms with Crippen molar-refractivity contribution in [1.82, 2.24) is 9.88 Å². The number of carboxylic acids is 1. The van der Waals surface area contributed by atoms with Crippen molar-refractivity contribution in [3.05, 3.63) is 29.6 Å². The van der Waals surface area contributed by atoms with E-state index in [2.05, 4.69) is 4.98 Å². The maximum Gasteiger partial charge on any atom is 0.303 e. The lowest BCUT2D eigenvalue weighted by Gasteiger charge is -2.12. The zero-order valence-electron chi connectivity index (χ0n) is 10.3.